The van der Waals surface area contributed by atoms with Gasteiger partial charge in [-0.1, -0.05) is 34.1 Å². The van der Waals surface area contributed by atoms with Gasteiger partial charge in [-0.2, -0.15) is 4.98 Å². The fourth-order valence-electron chi connectivity index (χ4n) is 2.41. The molecule has 3 aromatic rings. The number of oxazole rings is 1. The number of hydrogen-bond acceptors (Lipinski definition) is 5. The second-order valence-electron chi connectivity index (χ2n) is 5.80. The number of rotatable bonds is 4. The van der Waals surface area contributed by atoms with E-state index in [-0.39, 0.29) is 21.7 Å². The molecule has 0 saturated carbocycles. The minimum Gasteiger partial charge on any atom is -0.419 e. The third-order valence-electron chi connectivity index (χ3n) is 3.74. The molecule has 0 unspecified atom stereocenters. The Bertz CT molecular complexity index is 1010. The highest BCUT2D eigenvalue weighted by Gasteiger charge is 2.29. The van der Waals surface area contributed by atoms with E-state index in [2.05, 4.69) is 20.9 Å². The second kappa shape index (κ2) is 6.65. The maximum absolute atomic E-state index is 13.0. The van der Waals surface area contributed by atoms with E-state index < -0.39 is 9.84 Å². The Morgan fingerprint density at radius 1 is 1.04 bits per heavy atom. The summed E-state index contributed by atoms with van der Waals surface area (Å²) in [4.78, 5) is 6.11. The van der Waals surface area contributed by atoms with Crippen molar-refractivity contribution in [1.29, 1.82) is 0 Å². The summed E-state index contributed by atoms with van der Waals surface area (Å²) in [6.07, 6.45) is 0. The predicted octanol–water partition coefficient (Wildman–Crippen LogP) is 4.31. The molecular weight excluding hydrogens is 404 g/mol. The van der Waals surface area contributed by atoms with E-state index in [1.54, 1.807) is 43.3 Å². The van der Waals surface area contributed by atoms with Crippen molar-refractivity contribution in [2.45, 2.75) is 16.8 Å². The summed E-state index contributed by atoms with van der Waals surface area (Å²) in [7, 11) is -0.349. The lowest BCUT2D eigenvalue weighted by atomic mass is 10.1. The molecule has 0 atom stereocenters. The van der Waals surface area contributed by atoms with Gasteiger partial charge >= 0.3 is 0 Å². The van der Waals surface area contributed by atoms with E-state index >= 15 is 0 Å². The van der Waals surface area contributed by atoms with Crippen LogP contribution in [0.1, 0.15) is 5.56 Å². The third-order valence-corrected chi connectivity index (χ3v) is 5.94. The van der Waals surface area contributed by atoms with Crippen LogP contribution in [0, 0.1) is 6.92 Å². The highest BCUT2D eigenvalue weighted by Crippen LogP contribution is 2.34. The van der Waals surface area contributed by atoms with Gasteiger partial charge in [0.2, 0.25) is 26.6 Å². The minimum atomic E-state index is -3.80. The van der Waals surface area contributed by atoms with Gasteiger partial charge < -0.3 is 9.32 Å². The van der Waals surface area contributed by atoms with E-state index in [0.29, 0.717) is 0 Å². The van der Waals surface area contributed by atoms with Crippen molar-refractivity contribution in [3.63, 3.8) is 0 Å². The smallest absolute Gasteiger partial charge is 0.235 e. The van der Waals surface area contributed by atoms with Crippen LogP contribution in [-0.4, -0.2) is 27.5 Å². The zero-order valence-electron chi connectivity index (χ0n) is 14.0. The van der Waals surface area contributed by atoms with Crippen LogP contribution in [-0.2, 0) is 9.84 Å². The molecule has 7 heteroatoms. The summed E-state index contributed by atoms with van der Waals surface area (Å²) in [5, 5.41) is -0.0851. The Balaban J connectivity index is 2.19. The van der Waals surface area contributed by atoms with Crippen molar-refractivity contribution < 1.29 is 12.8 Å². The average Bonchev–Trinajstić information content (AvgIpc) is 3.02. The maximum atomic E-state index is 13.0. The van der Waals surface area contributed by atoms with E-state index in [4.69, 9.17) is 4.42 Å². The first-order valence-electron chi connectivity index (χ1n) is 7.55. The number of benzene rings is 2. The first-order valence-corrected chi connectivity index (χ1v) is 9.83. The van der Waals surface area contributed by atoms with Gasteiger partial charge in [0.05, 0.1) is 4.90 Å². The van der Waals surface area contributed by atoms with E-state index in [9.17, 15) is 8.42 Å². The van der Waals surface area contributed by atoms with Crippen molar-refractivity contribution in [3.05, 3.63) is 58.6 Å². The number of nitrogens with zero attached hydrogens (tertiary/aromatic N) is 2. The van der Waals surface area contributed by atoms with E-state index in [1.807, 2.05) is 31.2 Å². The summed E-state index contributed by atoms with van der Waals surface area (Å²) in [6.45, 7) is 1.93. The monoisotopic (exact) mass is 420 g/mol. The number of halogens is 1. The molecule has 0 bridgehead atoms. The Labute approximate surface area is 155 Å². The van der Waals surface area contributed by atoms with Gasteiger partial charge in [-0.05, 0) is 42.8 Å². The SMILES string of the molecule is Cc1ccccc1-c1nc(S(=O)(=O)c2ccc(Br)cc2)c(N(C)C)o1. The standard InChI is InChI=1S/C18H17BrN2O3S/c1-12-6-4-5-7-15(12)16-20-17(18(24-16)21(2)3)25(22,23)14-10-8-13(19)9-11-14/h4-11H,1-3H3. The Morgan fingerprint density at radius 3 is 2.28 bits per heavy atom. The zero-order valence-corrected chi connectivity index (χ0v) is 16.4. The molecule has 5 nitrogen and oxygen atoms in total. The van der Waals surface area contributed by atoms with Crippen molar-refractivity contribution in [3.8, 4) is 11.5 Å². The van der Waals surface area contributed by atoms with Gasteiger partial charge in [0, 0.05) is 24.1 Å². The number of aromatic nitrogens is 1. The van der Waals surface area contributed by atoms with Gasteiger partial charge in [-0.3, -0.25) is 0 Å². The maximum Gasteiger partial charge on any atom is 0.235 e. The fraction of sp³-hybridized carbons (Fsp3) is 0.167. The van der Waals surface area contributed by atoms with Crippen LogP contribution in [0.5, 0.6) is 0 Å². The van der Waals surface area contributed by atoms with E-state index in [1.165, 1.54) is 0 Å². The van der Waals surface area contributed by atoms with Gasteiger partial charge in [0.1, 0.15) is 0 Å². The van der Waals surface area contributed by atoms with Crippen LogP contribution in [0.2, 0.25) is 0 Å². The highest BCUT2D eigenvalue weighted by atomic mass is 79.9. The first-order chi connectivity index (χ1) is 11.8. The lowest BCUT2D eigenvalue weighted by molar-refractivity contribution is 0.564. The van der Waals surface area contributed by atoms with Crippen molar-refractivity contribution in [1.82, 2.24) is 4.98 Å². The molecule has 0 aliphatic rings. The van der Waals surface area contributed by atoms with Crippen LogP contribution in [0.25, 0.3) is 11.5 Å². The van der Waals surface area contributed by atoms with Crippen molar-refractivity contribution in [2.24, 2.45) is 0 Å². The second-order valence-corrected chi connectivity index (χ2v) is 8.58. The molecule has 0 N–H and O–H groups in total. The fourth-order valence-corrected chi connectivity index (χ4v) is 4.05. The van der Waals surface area contributed by atoms with Gasteiger partial charge in [0.15, 0.2) is 0 Å². The summed E-state index contributed by atoms with van der Waals surface area (Å²) < 4.78 is 32.7. The number of aryl methyl sites for hydroxylation is 1. The molecule has 0 aliphatic heterocycles. The van der Waals surface area contributed by atoms with E-state index in [0.717, 1.165) is 15.6 Å². The van der Waals surface area contributed by atoms with Crippen LogP contribution in [0.15, 0.2) is 67.3 Å². The quantitative estimate of drug-likeness (QED) is 0.628. The van der Waals surface area contributed by atoms with Crippen molar-refractivity contribution in [2.75, 3.05) is 19.0 Å². The molecule has 0 aliphatic carbocycles. The van der Waals surface area contributed by atoms with Gasteiger partial charge in [-0.15, -0.1) is 0 Å². The molecule has 0 saturated heterocycles. The van der Waals surface area contributed by atoms with Crippen LogP contribution >= 0.6 is 15.9 Å². The molecule has 0 spiro atoms. The summed E-state index contributed by atoms with van der Waals surface area (Å²) in [5.74, 6) is 0.499. The molecule has 1 heterocycles. The molecule has 0 fully saturated rings. The van der Waals surface area contributed by atoms with Crippen LogP contribution < -0.4 is 4.90 Å². The lowest BCUT2D eigenvalue weighted by Gasteiger charge is -2.10. The first kappa shape index (κ1) is 17.7. The Hall–Kier alpha value is -2.12. The highest BCUT2D eigenvalue weighted by molar-refractivity contribution is 9.10. The zero-order chi connectivity index (χ0) is 18.2. The summed E-state index contributed by atoms with van der Waals surface area (Å²) in [6, 6.07) is 14.0. The average molecular weight is 421 g/mol. The molecule has 0 amide bonds. The van der Waals surface area contributed by atoms with Crippen LogP contribution in [0.3, 0.4) is 0 Å². The minimum absolute atomic E-state index is 0.0851. The lowest BCUT2D eigenvalue weighted by Crippen LogP contribution is -2.13. The van der Waals surface area contributed by atoms with Gasteiger partial charge in [-0.25, -0.2) is 8.42 Å². The molecule has 1 aromatic heterocycles. The number of hydrogen-bond donors (Lipinski definition) is 0. The Kier molecular flexibility index (Phi) is 4.71. The topological polar surface area (TPSA) is 63.4 Å². The number of anilines is 1. The summed E-state index contributed by atoms with van der Waals surface area (Å²) >= 11 is 3.31. The normalized spacial score (nSPS) is 11.5. The molecule has 130 valence electrons. The van der Waals surface area contributed by atoms with Crippen molar-refractivity contribution >= 4 is 31.7 Å². The molecule has 25 heavy (non-hydrogen) atoms. The summed E-state index contributed by atoms with van der Waals surface area (Å²) in [5.41, 5.74) is 1.73. The number of sulfone groups is 1. The third kappa shape index (κ3) is 3.34. The van der Waals surface area contributed by atoms with Gasteiger partial charge in [0.25, 0.3) is 0 Å². The largest absolute Gasteiger partial charge is 0.419 e. The molecular formula is C18H17BrN2O3S. The Morgan fingerprint density at radius 2 is 1.68 bits per heavy atom. The van der Waals surface area contributed by atoms with Crippen LogP contribution in [0.4, 0.5) is 5.88 Å². The molecule has 0 radical (unpaired) electrons. The molecule has 3 rings (SSSR count). The molecule has 2 aromatic carbocycles. The predicted molar refractivity (Wildman–Crippen MR) is 101 cm³/mol.